The lowest BCUT2D eigenvalue weighted by Gasteiger charge is -2.07. The lowest BCUT2D eigenvalue weighted by Crippen LogP contribution is -1.98. The molecule has 0 atom stereocenters. The number of nitrogen functional groups attached to an aromatic ring is 1. The standard InChI is InChI=1S/C17H14FN3/c1-11-7-13(9-14(18)8-11)17-20-15(10-16(19)21-17)12-5-3-2-4-6-12/h2-10H,1H3,(H2,19,20,21). The van der Waals surface area contributed by atoms with Gasteiger partial charge in [0.05, 0.1) is 5.69 Å². The van der Waals surface area contributed by atoms with Crippen molar-refractivity contribution in [2.24, 2.45) is 0 Å². The van der Waals surface area contributed by atoms with Gasteiger partial charge in [-0.25, -0.2) is 14.4 Å². The molecule has 3 rings (SSSR count). The van der Waals surface area contributed by atoms with Crippen molar-refractivity contribution in [3.8, 4) is 22.6 Å². The third kappa shape index (κ3) is 2.89. The third-order valence-electron chi connectivity index (χ3n) is 3.12. The minimum absolute atomic E-state index is 0.308. The van der Waals surface area contributed by atoms with Crippen LogP contribution in [0.3, 0.4) is 0 Å². The molecule has 0 saturated carbocycles. The summed E-state index contributed by atoms with van der Waals surface area (Å²) in [5.74, 6) is 0.481. The minimum atomic E-state index is -0.308. The van der Waals surface area contributed by atoms with E-state index in [1.807, 2.05) is 43.3 Å². The van der Waals surface area contributed by atoms with Crippen LogP contribution in [0, 0.1) is 12.7 Å². The van der Waals surface area contributed by atoms with Crippen LogP contribution in [0.25, 0.3) is 22.6 Å². The largest absolute Gasteiger partial charge is 0.384 e. The zero-order valence-electron chi connectivity index (χ0n) is 11.5. The van der Waals surface area contributed by atoms with E-state index in [0.29, 0.717) is 17.2 Å². The van der Waals surface area contributed by atoms with E-state index in [2.05, 4.69) is 9.97 Å². The van der Waals surface area contributed by atoms with Gasteiger partial charge in [0.25, 0.3) is 0 Å². The first-order valence-corrected chi connectivity index (χ1v) is 6.59. The van der Waals surface area contributed by atoms with Crippen LogP contribution >= 0.6 is 0 Å². The molecule has 1 heterocycles. The molecule has 0 amide bonds. The molecule has 0 spiro atoms. The third-order valence-corrected chi connectivity index (χ3v) is 3.12. The molecule has 0 aliphatic carbocycles. The van der Waals surface area contributed by atoms with Gasteiger partial charge in [0.15, 0.2) is 5.82 Å². The molecule has 0 aliphatic rings. The summed E-state index contributed by atoms with van der Waals surface area (Å²) in [5, 5.41) is 0. The van der Waals surface area contributed by atoms with Crippen molar-refractivity contribution in [3.63, 3.8) is 0 Å². The van der Waals surface area contributed by atoms with Crippen molar-refractivity contribution in [3.05, 3.63) is 66.0 Å². The Morgan fingerprint density at radius 2 is 1.67 bits per heavy atom. The van der Waals surface area contributed by atoms with Crippen LogP contribution in [0.15, 0.2) is 54.6 Å². The molecule has 0 radical (unpaired) electrons. The number of rotatable bonds is 2. The maximum atomic E-state index is 13.6. The van der Waals surface area contributed by atoms with Crippen molar-refractivity contribution in [1.29, 1.82) is 0 Å². The molecule has 2 aromatic carbocycles. The van der Waals surface area contributed by atoms with Gasteiger partial charge in [-0.05, 0) is 30.7 Å². The van der Waals surface area contributed by atoms with Gasteiger partial charge < -0.3 is 5.73 Å². The summed E-state index contributed by atoms with van der Waals surface area (Å²) in [4.78, 5) is 8.71. The van der Waals surface area contributed by atoms with Gasteiger partial charge in [-0.15, -0.1) is 0 Å². The zero-order chi connectivity index (χ0) is 14.8. The average molecular weight is 279 g/mol. The number of benzene rings is 2. The van der Waals surface area contributed by atoms with Gasteiger partial charge in [0, 0.05) is 17.2 Å². The SMILES string of the molecule is Cc1cc(F)cc(-c2nc(N)cc(-c3ccccc3)n2)c1. The zero-order valence-corrected chi connectivity index (χ0v) is 11.5. The molecule has 0 bridgehead atoms. The van der Waals surface area contributed by atoms with Gasteiger partial charge in [-0.3, -0.25) is 0 Å². The molecule has 21 heavy (non-hydrogen) atoms. The highest BCUT2D eigenvalue weighted by Gasteiger charge is 2.08. The second-order valence-corrected chi connectivity index (χ2v) is 4.88. The van der Waals surface area contributed by atoms with E-state index in [1.165, 1.54) is 12.1 Å². The highest BCUT2D eigenvalue weighted by atomic mass is 19.1. The number of hydrogen-bond donors (Lipinski definition) is 1. The highest BCUT2D eigenvalue weighted by Crippen LogP contribution is 2.24. The van der Waals surface area contributed by atoms with E-state index < -0.39 is 0 Å². The summed E-state index contributed by atoms with van der Waals surface area (Å²) in [6.45, 7) is 1.83. The quantitative estimate of drug-likeness (QED) is 0.775. The van der Waals surface area contributed by atoms with Gasteiger partial charge in [0.1, 0.15) is 11.6 Å². The van der Waals surface area contributed by atoms with Crippen molar-refractivity contribution in [1.82, 2.24) is 9.97 Å². The van der Waals surface area contributed by atoms with E-state index in [1.54, 1.807) is 6.07 Å². The van der Waals surface area contributed by atoms with E-state index >= 15 is 0 Å². The van der Waals surface area contributed by atoms with Crippen LogP contribution in [0.1, 0.15) is 5.56 Å². The van der Waals surface area contributed by atoms with E-state index in [0.717, 1.165) is 16.8 Å². The number of aromatic nitrogens is 2. The lowest BCUT2D eigenvalue weighted by molar-refractivity contribution is 0.627. The summed E-state index contributed by atoms with van der Waals surface area (Å²) in [6.07, 6.45) is 0. The molecule has 104 valence electrons. The number of anilines is 1. The van der Waals surface area contributed by atoms with E-state index in [4.69, 9.17) is 5.73 Å². The number of nitrogens with zero attached hydrogens (tertiary/aromatic N) is 2. The Bertz CT molecular complexity index is 765. The summed E-state index contributed by atoms with van der Waals surface area (Å²) >= 11 is 0. The Hall–Kier alpha value is -2.75. The maximum absolute atomic E-state index is 13.6. The van der Waals surface area contributed by atoms with Crippen LogP contribution in [-0.2, 0) is 0 Å². The highest BCUT2D eigenvalue weighted by molar-refractivity contribution is 5.67. The predicted octanol–water partition coefficient (Wildman–Crippen LogP) is 3.84. The molecule has 2 N–H and O–H groups in total. The Labute approximate surface area is 122 Å². The monoisotopic (exact) mass is 279 g/mol. The maximum Gasteiger partial charge on any atom is 0.162 e. The molecule has 0 fully saturated rings. The van der Waals surface area contributed by atoms with Crippen LogP contribution in [0.4, 0.5) is 10.2 Å². The van der Waals surface area contributed by atoms with Crippen LogP contribution in [0.5, 0.6) is 0 Å². The van der Waals surface area contributed by atoms with Crippen molar-refractivity contribution >= 4 is 5.82 Å². The fourth-order valence-corrected chi connectivity index (χ4v) is 2.22. The normalized spacial score (nSPS) is 10.6. The van der Waals surface area contributed by atoms with E-state index in [-0.39, 0.29) is 5.82 Å². The number of aryl methyl sites for hydroxylation is 1. The van der Waals surface area contributed by atoms with Crippen molar-refractivity contribution in [2.45, 2.75) is 6.92 Å². The summed E-state index contributed by atoms with van der Waals surface area (Å²) in [5.41, 5.74) is 8.97. The summed E-state index contributed by atoms with van der Waals surface area (Å²) in [7, 11) is 0. The van der Waals surface area contributed by atoms with Crippen LogP contribution < -0.4 is 5.73 Å². The Balaban J connectivity index is 2.14. The molecular weight excluding hydrogens is 265 g/mol. The molecule has 0 aliphatic heterocycles. The smallest absolute Gasteiger partial charge is 0.162 e. The van der Waals surface area contributed by atoms with Gasteiger partial charge in [0.2, 0.25) is 0 Å². The average Bonchev–Trinajstić information content (AvgIpc) is 2.46. The fourth-order valence-electron chi connectivity index (χ4n) is 2.22. The first kappa shape index (κ1) is 13.2. The Morgan fingerprint density at radius 1 is 0.905 bits per heavy atom. The van der Waals surface area contributed by atoms with Gasteiger partial charge in [-0.1, -0.05) is 30.3 Å². The Kier molecular flexibility index (Phi) is 3.36. The van der Waals surface area contributed by atoms with Crippen LogP contribution in [-0.4, -0.2) is 9.97 Å². The van der Waals surface area contributed by atoms with Crippen molar-refractivity contribution < 1.29 is 4.39 Å². The molecule has 3 nitrogen and oxygen atoms in total. The van der Waals surface area contributed by atoms with Gasteiger partial charge >= 0.3 is 0 Å². The lowest BCUT2D eigenvalue weighted by atomic mass is 10.1. The first-order chi connectivity index (χ1) is 10.1. The first-order valence-electron chi connectivity index (χ1n) is 6.59. The summed E-state index contributed by atoms with van der Waals surface area (Å²) in [6, 6.07) is 16.1. The van der Waals surface area contributed by atoms with Crippen molar-refractivity contribution in [2.75, 3.05) is 5.73 Å². The molecule has 1 aromatic heterocycles. The second-order valence-electron chi connectivity index (χ2n) is 4.88. The Morgan fingerprint density at radius 3 is 2.38 bits per heavy atom. The molecule has 0 unspecified atom stereocenters. The second kappa shape index (κ2) is 5.32. The topological polar surface area (TPSA) is 51.8 Å². The summed E-state index contributed by atoms with van der Waals surface area (Å²) < 4.78 is 13.6. The molecule has 3 aromatic rings. The predicted molar refractivity (Wildman–Crippen MR) is 82.0 cm³/mol. The molecular formula is C17H14FN3. The minimum Gasteiger partial charge on any atom is -0.384 e. The van der Waals surface area contributed by atoms with E-state index in [9.17, 15) is 4.39 Å². The number of nitrogens with two attached hydrogens (primary N) is 1. The van der Waals surface area contributed by atoms with Crippen LogP contribution in [0.2, 0.25) is 0 Å². The van der Waals surface area contributed by atoms with Gasteiger partial charge in [-0.2, -0.15) is 0 Å². The number of hydrogen-bond acceptors (Lipinski definition) is 3. The number of halogens is 1. The molecule has 0 saturated heterocycles. The molecule has 4 heteroatoms. The fraction of sp³-hybridized carbons (Fsp3) is 0.0588.